The highest BCUT2D eigenvalue weighted by atomic mass is 32.2. The highest BCUT2D eigenvalue weighted by Crippen LogP contribution is 2.28. The van der Waals surface area contributed by atoms with Gasteiger partial charge in [-0.25, -0.2) is 0 Å². The molecule has 0 aromatic rings. The number of nitrogens with two attached hydrogens (primary N) is 1. The van der Waals surface area contributed by atoms with Crippen LogP contribution in [-0.2, 0) is 14.9 Å². The molecule has 0 aromatic carbocycles. The number of ether oxygens (including phenoxy) is 1. The smallest absolute Gasteiger partial charge is 0.282 e. The van der Waals surface area contributed by atoms with Crippen LogP contribution in [0.25, 0.3) is 0 Å². The van der Waals surface area contributed by atoms with Crippen LogP contribution in [0.1, 0.15) is 33.6 Å². The molecule has 20 heavy (non-hydrogen) atoms. The molecule has 4 atom stereocenters. The van der Waals surface area contributed by atoms with Crippen LogP contribution in [-0.4, -0.2) is 61.5 Å². The fourth-order valence-electron chi connectivity index (χ4n) is 3.18. The average molecular weight is 305 g/mol. The van der Waals surface area contributed by atoms with Crippen molar-refractivity contribution in [3.05, 3.63) is 0 Å². The van der Waals surface area contributed by atoms with Crippen molar-refractivity contribution < 1.29 is 13.2 Å². The summed E-state index contributed by atoms with van der Waals surface area (Å²) < 4.78 is 34.6. The summed E-state index contributed by atoms with van der Waals surface area (Å²) in [6, 6.07) is -0.203. The second-order valence-electron chi connectivity index (χ2n) is 6.10. The van der Waals surface area contributed by atoms with Crippen molar-refractivity contribution in [1.82, 2.24) is 8.61 Å². The van der Waals surface area contributed by atoms with Crippen LogP contribution in [0.3, 0.4) is 0 Å². The minimum Gasteiger partial charge on any atom is -0.375 e. The molecule has 2 rings (SSSR count). The molecule has 2 saturated heterocycles. The van der Waals surface area contributed by atoms with Gasteiger partial charge in [0.15, 0.2) is 0 Å². The second-order valence-corrected chi connectivity index (χ2v) is 7.94. The quantitative estimate of drug-likeness (QED) is 0.819. The largest absolute Gasteiger partial charge is 0.375 e. The molecule has 6 nitrogen and oxygen atoms in total. The van der Waals surface area contributed by atoms with E-state index in [1.54, 1.807) is 8.61 Å². The van der Waals surface area contributed by atoms with Crippen molar-refractivity contribution in [2.75, 3.05) is 26.2 Å². The third kappa shape index (κ3) is 3.01. The summed E-state index contributed by atoms with van der Waals surface area (Å²) in [6.45, 7) is 7.73. The molecule has 0 saturated carbocycles. The molecule has 2 heterocycles. The van der Waals surface area contributed by atoms with Crippen molar-refractivity contribution in [2.45, 2.75) is 51.8 Å². The third-order valence-corrected chi connectivity index (χ3v) is 6.60. The lowest BCUT2D eigenvalue weighted by Gasteiger charge is -2.44. The van der Waals surface area contributed by atoms with Gasteiger partial charge in [-0.3, -0.25) is 0 Å². The van der Waals surface area contributed by atoms with Gasteiger partial charge in [0.1, 0.15) is 0 Å². The molecule has 2 fully saturated rings. The molecule has 2 N–H and O–H groups in total. The second kappa shape index (κ2) is 6.27. The van der Waals surface area contributed by atoms with E-state index >= 15 is 0 Å². The highest BCUT2D eigenvalue weighted by molar-refractivity contribution is 7.86. The first-order valence-corrected chi connectivity index (χ1v) is 8.88. The van der Waals surface area contributed by atoms with Crippen molar-refractivity contribution >= 4 is 10.2 Å². The minimum absolute atomic E-state index is 0.0560. The van der Waals surface area contributed by atoms with E-state index in [1.165, 1.54) is 0 Å². The van der Waals surface area contributed by atoms with Gasteiger partial charge in [-0.15, -0.1) is 0 Å². The maximum Gasteiger partial charge on any atom is 0.282 e. The molecule has 0 aliphatic carbocycles. The molecule has 0 amide bonds. The molecule has 0 spiro atoms. The van der Waals surface area contributed by atoms with Crippen molar-refractivity contribution in [2.24, 2.45) is 11.7 Å². The summed E-state index contributed by atoms with van der Waals surface area (Å²) in [5, 5.41) is 0. The standard InChI is InChI=1S/C13H27N3O3S/c1-10-5-4-6-15(13(10)7-14)20(17,18)16-8-12(3)19-9-11(16)2/h10-13H,4-9,14H2,1-3H3/t10-,11-,12+,13+/m0/s1. The molecule has 2 aliphatic rings. The maximum absolute atomic E-state index is 13.0. The van der Waals surface area contributed by atoms with Gasteiger partial charge >= 0.3 is 0 Å². The van der Waals surface area contributed by atoms with Gasteiger partial charge in [0, 0.05) is 31.7 Å². The fourth-order valence-corrected chi connectivity index (χ4v) is 5.36. The van der Waals surface area contributed by atoms with Gasteiger partial charge in [-0.05, 0) is 32.6 Å². The number of piperidine rings is 1. The zero-order chi connectivity index (χ0) is 14.9. The van der Waals surface area contributed by atoms with Crippen LogP contribution in [0.15, 0.2) is 0 Å². The number of rotatable bonds is 3. The van der Waals surface area contributed by atoms with Gasteiger partial charge in [-0.2, -0.15) is 17.0 Å². The van der Waals surface area contributed by atoms with E-state index in [0.29, 0.717) is 32.2 Å². The molecule has 2 aliphatic heterocycles. The topological polar surface area (TPSA) is 75.9 Å². The monoisotopic (exact) mass is 305 g/mol. The first-order chi connectivity index (χ1) is 9.37. The fraction of sp³-hybridized carbons (Fsp3) is 1.00. The minimum atomic E-state index is -3.45. The Labute approximate surface area is 122 Å². The van der Waals surface area contributed by atoms with E-state index in [-0.39, 0.29) is 18.2 Å². The average Bonchev–Trinajstić information content (AvgIpc) is 2.41. The van der Waals surface area contributed by atoms with Gasteiger partial charge in [0.25, 0.3) is 10.2 Å². The first-order valence-electron chi connectivity index (χ1n) is 7.48. The third-order valence-electron chi connectivity index (χ3n) is 4.45. The first kappa shape index (κ1) is 16.2. The zero-order valence-electron chi connectivity index (χ0n) is 12.7. The maximum atomic E-state index is 13.0. The Hall–Kier alpha value is -0.210. The van der Waals surface area contributed by atoms with Gasteiger partial charge in [0.2, 0.25) is 0 Å². The predicted octanol–water partition coefficient (Wildman–Crippen LogP) is 0.400. The van der Waals surface area contributed by atoms with Crippen LogP contribution in [0.2, 0.25) is 0 Å². The van der Waals surface area contributed by atoms with Crippen LogP contribution < -0.4 is 5.73 Å². The predicted molar refractivity (Wildman–Crippen MR) is 78.4 cm³/mol. The molecular weight excluding hydrogens is 278 g/mol. The summed E-state index contributed by atoms with van der Waals surface area (Å²) in [7, 11) is -3.45. The van der Waals surface area contributed by atoms with E-state index in [4.69, 9.17) is 10.5 Å². The molecule has 0 radical (unpaired) electrons. The van der Waals surface area contributed by atoms with E-state index in [1.807, 2.05) is 13.8 Å². The van der Waals surface area contributed by atoms with Crippen LogP contribution in [0, 0.1) is 5.92 Å². The van der Waals surface area contributed by atoms with Crippen LogP contribution in [0.4, 0.5) is 0 Å². The lowest BCUT2D eigenvalue weighted by molar-refractivity contribution is -0.0203. The summed E-state index contributed by atoms with van der Waals surface area (Å²) in [5.74, 6) is 0.317. The Morgan fingerprint density at radius 1 is 1.25 bits per heavy atom. The normalized spacial score (nSPS) is 38.0. The zero-order valence-corrected chi connectivity index (χ0v) is 13.5. The van der Waals surface area contributed by atoms with Crippen molar-refractivity contribution in [1.29, 1.82) is 0 Å². The Kier molecular flexibility index (Phi) is 5.07. The Morgan fingerprint density at radius 2 is 1.95 bits per heavy atom. The Morgan fingerprint density at radius 3 is 2.60 bits per heavy atom. The van der Waals surface area contributed by atoms with Crippen LogP contribution in [0.5, 0.6) is 0 Å². The van der Waals surface area contributed by atoms with E-state index in [0.717, 1.165) is 12.8 Å². The summed E-state index contributed by atoms with van der Waals surface area (Å²) >= 11 is 0. The molecule has 118 valence electrons. The Bertz CT molecular complexity index is 429. The van der Waals surface area contributed by atoms with E-state index < -0.39 is 10.2 Å². The lowest BCUT2D eigenvalue weighted by Crippen LogP contribution is -2.60. The molecule has 0 unspecified atom stereocenters. The van der Waals surface area contributed by atoms with Gasteiger partial charge in [0.05, 0.1) is 12.7 Å². The van der Waals surface area contributed by atoms with E-state index in [2.05, 4.69) is 6.92 Å². The lowest BCUT2D eigenvalue weighted by atomic mass is 9.93. The molecule has 0 bridgehead atoms. The van der Waals surface area contributed by atoms with E-state index in [9.17, 15) is 8.42 Å². The number of hydrogen-bond donors (Lipinski definition) is 1. The Balaban J connectivity index is 2.23. The summed E-state index contributed by atoms with van der Waals surface area (Å²) in [4.78, 5) is 0. The van der Waals surface area contributed by atoms with Crippen LogP contribution >= 0.6 is 0 Å². The van der Waals surface area contributed by atoms with Crippen molar-refractivity contribution in [3.8, 4) is 0 Å². The van der Waals surface area contributed by atoms with Gasteiger partial charge < -0.3 is 10.5 Å². The van der Waals surface area contributed by atoms with Crippen molar-refractivity contribution in [3.63, 3.8) is 0 Å². The highest BCUT2D eigenvalue weighted by Gasteiger charge is 2.42. The number of hydrogen-bond acceptors (Lipinski definition) is 4. The molecule has 7 heteroatoms. The SMILES string of the molecule is C[C@@H]1CN(S(=O)(=O)N2CCC[C@H](C)[C@H]2CN)[C@@H](C)CO1. The number of nitrogens with zero attached hydrogens (tertiary/aromatic N) is 2. The molecular formula is C13H27N3O3S. The van der Waals surface area contributed by atoms with Gasteiger partial charge in [-0.1, -0.05) is 6.92 Å². The summed E-state index contributed by atoms with van der Waals surface area (Å²) in [6.07, 6.45) is 1.90. The number of morpholine rings is 1. The molecule has 0 aromatic heterocycles. The summed E-state index contributed by atoms with van der Waals surface area (Å²) in [5.41, 5.74) is 5.82.